The minimum absolute atomic E-state index is 0.433. The Hall–Kier alpha value is -2.76. The van der Waals surface area contributed by atoms with Crippen LogP contribution in [0.5, 0.6) is 0 Å². The highest BCUT2D eigenvalue weighted by Crippen LogP contribution is 2.29. The molecule has 0 saturated carbocycles. The molecule has 1 aliphatic heterocycles. The van der Waals surface area contributed by atoms with E-state index in [-0.39, 0.29) is 0 Å². The molecule has 0 fully saturated rings. The zero-order valence-electron chi connectivity index (χ0n) is 13.4. The topological polar surface area (TPSA) is 51.9 Å². The Balaban J connectivity index is 2.01. The van der Waals surface area contributed by atoms with Gasteiger partial charge in [-0.1, -0.05) is 0 Å². The molecule has 20 heavy (non-hydrogen) atoms. The lowest BCUT2D eigenvalue weighted by Gasteiger charge is -1.95. The van der Waals surface area contributed by atoms with Crippen LogP contribution < -0.4 is 4.57 Å². The lowest BCUT2D eigenvalue weighted by atomic mass is 10.2. The summed E-state index contributed by atoms with van der Waals surface area (Å²) in [4.78, 5) is 13.0. The third-order valence-electron chi connectivity index (χ3n) is 3.76. The lowest BCUT2D eigenvalue weighted by molar-refractivity contribution is -0.648. The molecule has 0 N–H and O–H groups in total. The lowest BCUT2D eigenvalue weighted by Crippen LogP contribution is -2.32. The molecular weight excluding hydrogens is 252 g/mol. The molecule has 0 radical (unpaired) electrons. The SMILES string of the molecule is [2H]C([2H])([2H])n1c2[n+](c3c1nc1ccncn13)Cc1ncccc1-2. The predicted octanol–water partition coefficient (Wildman–Crippen LogP) is 0.932. The van der Waals surface area contributed by atoms with E-state index in [2.05, 4.69) is 15.0 Å². The highest BCUT2D eigenvalue weighted by Gasteiger charge is 2.34. The number of rotatable bonds is 0. The van der Waals surface area contributed by atoms with Crippen LogP contribution in [0.25, 0.3) is 28.3 Å². The second kappa shape index (κ2) is 3.22. The molecule has 0 bridgehead atoms. The summed E-state index contributed by atoms with van der Waals surface area (Å²) < 4.78 is 28.9. The molecule has 0 aliphatic carbocycles. The summed E-state index contributed by atoms with van der Waals surface area (Å²) >= 11 is 0. The molecule has 5 heterocycles. The summed E-state index contributed by atoms with van der Waals surface area (Å²) in [5.41, 5.74) is 3.52. The maximum Gasteiger partial charge on any atom is 0.296 e. The van der Waals surface area contributed by atoms with Crippen molar-refractivity contribution in [2.24, 2.45) is 6.98 Å². The van der Waals surface area contributed by atoms with Gasteiger partial charge in [-0.25, -0.2) is 14.1 Å². The van der Waals surface area contributed by atoms with E-state index in [0.717, 1.165) is 16.9 Å². The van der Waals surface area contributed by atoms with Crippen molar-refractivity contribution in [2.75, 3.05) is 0 Å². The second-order valence-electron chi connectivity index (χ2n) is 4.81. The van der Waals surface area contributed by atoms with Gasteiger partial charge >= 0.3 is 0 Å². The summed E-state index contributed by atoms with van der Waals surface area (Å²) in [7, 11) is 0. The zero-order valence-corrected chi connectivity index (χ0v) is 10.4. The van der Waals surface area contributed by atoms with E-state index in [9.17, 15) is 0 Å². The molecule has 4 aromatic heterocycles. The van der Waals surface area contributed by atoms with Crippen molar-refractivity contribution in [3.8, 4) is 11.4 Å². The fraction of sp³-hybridized carbons (Fsp3) is 0.143. The van der Waals surface area contributed by atoms with Crippen molar-refractivity contribution in [1.82, 2.24) is 23.9 Å². The summed E-state index contributed by atoms with van der Waals surface area (Å²) in [6.45, 7) is -1.81. The molecule has 1 aliphatic rings. The van der Waals surface area contributed by atoms with Gasteiger partial charge in [0.15, 0.2) is 6.33 Å². The molecule has 4 aromatic rings. The normalized spacial score (nSPS) is 15.9. The third kappa shape index (κ3) is 1.01. The Morgan fingerprint density at radius 2 is 2.35 bits per heavy atom. The summed E-state index contributed by atoms with van der Waals surface area (Å²) in [5.74, 6) is 0.615. The van der Waals surface area contributed by atoms with Crippen molar-refractivity contribution in [3.05, 3.63) is 42.6 Å². The van der Waals surface area contributed by atoms with Crippen LogP contribution >= 0.6 is 0 Å². The van der Waals surface area contributed by atoms with E-state index in [0.29, 0.717) is 23.7 Å². The maximum atomic E-state index is 7.95. The van der Waals surface area contributed by atoms with Gasteiger partial charge in [0, 0.05) is 18.5 Å². The Labute approximate surface area is 118 Å². The van der Waals surface area contributed by atoms with Crippen LogP contribution in [-0.2, 0) is 13.5 Å². The second-order valence-corrected chi connectivity index (χ2v) is 4.81. The van der Waals surface area contributed by atoms with Gasteiger partial charge in [0.05, 0.1) is 22.3 Å². The molecule has 0 atom stereocenters. The van der Waals surface area contributed by atoms with E-state index in [1.54, 1.807) is 24.8 Å². The van der Waals surface area contributed by atoms with Crippen molar-refractivity contribution >= 4 is 16.9 Å². The van der Waals surface area contributed by atoms with Gasteiger partial charge < -0.3 is 0 Å². The first-order chi connectivity index (χ1) is 11.1. The first-order valence-corrected chi connectivity index (χ1v) is 6.27. The highest BCUT2D eigenvalue weighted by molar-refractivity contribution is 5.75. The molecule has 0 aromatic carbocycles. The predicted molar refractivity (Wildman–Crippen MR) is 72.0 cm³/mol. The summed E-state index contributed by atoms with van der Waals surface area (Å²) in [6, 6.07) is 5.47. The Morgan fingerprint density at radius 1 is 1.35 bits per heavy atom. The van der Waals surface area contributed by atoms with Crippen LogP contribution in [0.4, 0.5) is 0 Å². The van der Waals surface area contributed by atoms with Crippen LogP contribution in [0.15, 0.2) is 36.9 Å². The molecular formula is C14H11N6+. The van der Waals surface area contributed by atoms with Gasteiger partial charge in [-0.05, 0) is 12.1 Å². The van der Waals surface area contributed by atoms with Gasteiger partial charge in [0.25, 0.3) is 11.3 Å². The van der Waals surface area contributed by atoms with Gasteiger partial charge in [0.2, 0.25) is 11.5 Å². The fourth-order valence-corrected chi connectivity index (χ4v) is 2.93. The van der Waals surface area contributed by atoms with Crippen LogP contribution in [0.3, 0.4) is 0 Å². The van der Waals surface area contributed by atoms with Crippen molar-refractivity contribution < 1.29 is 8.68 Å². The number of aryl methyl sites for hydroxylation is 1. The molecule has 5 rings (SSSR count). The molecule has 6 heteroatoms. The van der Waals surface area contributed by atoms with Crippen LogP contribution in [0, 0.1) is 0 Å². The Bertz CT molecular complexity index is 1090. The van der Waals surface area contributed by atoms with E-state index in [4.69, 9.17) is 4.11 Å². The number of fused-ring (bicyclic) bond motifs is 7. The zero-order chi connectivity index (χ0) is 15.8. The summed E-state index contributed by atoms with van der Waals surface area (Å²) in [6.07, 6.45) is 5.01. The number of aromatic nitrogens is 6. The molecule has 0 amide bonds. The van der Waals surface area contributed by atoms with E-state index >= 15 is 0 Å². The van der Waals surface area contributed by atoms with Gasteiger partial charge in [-0.3, -0.25) is 4.98 Å². The van der Waals surface area contributed by atoms with E-state index in [1.807, 2.05) is 21.1 Å². The standard InChI is InChI=1S/C14H11N6/c1-18-12-14(20-8-15-6-4-11(20)17-12)19-7-10-9(13(18)19)3-2-5-16-10/h2-6,8H,7H2,1H3/q+1/i1D3. The van der Waals surface area contributed by atoms with Crippen molar-refractivity contribution in [1.29, 1.82) is 0 Å². The van der Waals surface area contributed by atoms with Crippen LogP contribution in [0.1, 0.15) is 9.81 Å². The Morgan fingerprint density at radius 3 is 3.30 bits per heavy atom. The average Bonchev–Trinajstić information content (AvgIpc) is 3.12. The number of pyridine rings is 1. The molecule has 0 unspecified atom stereocenters. The van der Waals surface area contributed by atoms with Crippen molar-refractivity contribution in [3.63, 3.8) is 0 Å². The monoisotopic (exact) mass is 266 g/mol. The minimum atomic E-state index is -2.33. The smallest absolute Gasteiger partial charge is 0.257 e. The van der Waals surface area contributed by atoms with E-state index < -0.39 is 6.98 Å². The average molecular weight is 266 g/mol. The van der Waals surface area contributed by atoms with Gasteiger partial charge in [-0.2, -0.15) is 9.38 Å². The van der Waals surface area contributed by atoms with Crippen LogP contribution in [0.2, 0.25) is 0 Å². The van der Waals surface area contributed by atoms with Gasteiger partial charge in [0.1, 0.15) is 6.54 Å². The van der Waals surface area contributed by atoms with Crippen LogP contribution in [-0.4, -0.2) is 23.9 Å². The number of nitrogens with zero attached hydrogens (tertiary/aromatic N) is 6. The maximum absolute atomic E-state index is 7.95. The molecule has 0 saturated heterocycles. The first-order valence-electron chi connectivity index (χ1n) is 7.77. The first kappa shape index (κ1) is 7.74. The largest absolute Gasteiger partial charge is 0.296 e. The molecule has 96 valence electrons. The number of hydrogen-bond acceptors (Lipinski definition) is 3. The van der Waals surface area contributed by atoms with Gasteiger partial charge in [-0.15, -0.1) is 0 Å². The molecule has 0 spiro atoms. The number of imidazole rings is 2. The van der Waals surface area contributed by atoms with Crippen molar-refractivity contribution in [2.45, 2.75) is 6.54 Å². The molecule has 6 nitrogen and oxygen atoms in total. The number of hydrogen-bond donors (Lipinski definition) is 0. The Kier molecular flexibility index (Phi) is 1.24. The summed E-state index contributed by atoms with van der Waals surface area (Å²) in [5, 5.41) is 0. The van der Waals surface area contributed by atoms with E-state index in [1.165, 1.54) is 4.57 Å². The fourth-order valence-electron chi connectivity index (χ4n) is 2.93. The highest BCUT2D eigenvalue weighted by atomic mass is 15.3. The third-order valence-corrected chi connectivity index (χ3v) is 3.76. The quantitative estimate of drug-likeness (QED) is 0.392. The minimum Gasteiger partial charge on any atom is -0.257 e.